The lowest BCUT2D eigenvalue weighted by molar-refractivity contribution is 0.661. The SMILES string of the molecule is CC1(C)c2ccccc2-c2cc3c4ccccc4n(-c4ccc5nc6c7ccccc7c(-c7ccccc7)cn6c5c4)c3cc21. The van der Waals surface area contributed by atoms with Crippen molar-refractivity contribution < 1.29 is 0 Å². The van der Waals surface area contributed by atoms with Crippen LogP contribution >= 0.6 is 0 Å². The van der Waals surface area contributed by atoms with Gasteiger partial charge in [-0.05, 0) is 69.6 Å². The molecule has 0 N–H and O–H groups in total. The van der Waals surface area contributed by atoms with E-state index >= 15 is 0 Å². The van der Waals surface area contributed by atoms with E-state index in [0.29, 0.717) is 0 Å². The highest BCUT2D eigenvalue weighted by Crippen LogP contribution is 2.51. The second kappa shape index (κ2) is 8.71. The molecule has 0 bridgehead atoms. The molecular weight excluding hydrogens is 546 g/mol. The summed E-state index contributed by atoms with van der Waals surface area (Å²) in [4.78, 5) is 5.17. The molecular formula is C42H29N3. The molecule has 3 heteroatoms. The largest absolute Gasteiger partial charge is 0.309 e. The Balaban J connectivity index is 1.28. The Morgan fingerprint density at radius 3 is 2.11 bits per heavy atom. The molecule has 0 radical (unpaired) electrons. The summed E-state index contributed by atoms with van der Waals surface area (Å²) in [6.07, 6.45) is 2.27. The second-order valence-corrected chi connectivity index (χ2v) is 12.9. The Morgan fingerprint density at radius 2 is 1.24 bits per heavy atom. The summed E-state index contributed by atoms with van der Waals surface area (Å²) >= 11 is 0. The maximum absolute atomic E-state index is 5.17. The summed E-state index contributed by atoms with van der Waals surface area (Å²) < 4.78 is 4.73. The van der Waals surface area contributed by atoms with Gasteiger partial charge in [0, 0.05) is 39.0 Å². The summed E-state index contributed by atoms with van der Waals surface area (Å²) in [7, 11) is 0. The molecule has 10 rings (SSSR count). The minimum Gasteiger partial charge on any atom is -0.309 e. The number of aromatic nitrogens is 3. The Kier molecular flexibility index (Phi) is 4.79. The van der Waals surface area contributed by atoms with Crippen LogP contribution in [-0.2, 0) is 5.41 Å². The second-order valence-electron chi connectivity index (χ2n) is 12.9. The van der Waals surface area contributed by atoms with Crippen LogP contribution in [0.2, 0.25) is 0 Å². The van der Waals surface area contributed by atoms with Crippen LogP contribution in [0.4, 0.5) is 0 Å². The van der Waals surface area contributed by atoms with Gasteiger partial charge >= 0.3 is 0 Å². The third-order valence-electron chi connectivity index (χ3n) is 10.1. The quantitative estimate of drug-likeness (QED) is 0.201. The highest BCUT2D eigenvalue weighted by atomic mass is 15.0. The third-order valence-corrected chi connectivity index (χ3v) is 10.1. The number of rotatable bonds is 2. The molecule has 3 heterocycles. The van der Waals surface area contributed by atoms with Gasteiger partial charge < -0.3 is 4.57 Å². The summed E-state index contributed by atoms with van der Waals surface area (Å²) in [5.74, 6) is 0. The van der Waals surface area contributed by atoms with Crippen molar-refractivity contribution in [2.24, 2.45) is 0 Å². The maximum atomic E-state index is 5.17. The van der Waals surface area contributed by atoms with Gasteiger partial charge in [-0.3, -0.25) is 4.40 Å². The van der Waals surface area contributed by atoms with E-state index in [2.05, 4.69) is 162 Å². The molecule has 0 unspecified atom stereocenters. The fraction of sp³-hybridized carbons (Fsp3) is 0.0714. The van der Waals surface area contributed by atoms with Crippen LogP contribution in [0, 0.1) is 0 Å². The van der Waals surface area contributed by atoms with Gasteiger partial charge in [-0.15, -0.1) is 0 Å². The molecule has 0 aliphatic heterocycles. The third kappa shape index (κ3) is 3.27. The molecule has 0 atom stereocenters. The van der Waals surface area contributed by atoms with Crippen molar-refractivity contribution in [3.05, 3.63) is 151 Å². The molecule has 0 fully saturated rings. The standard InChI is InChI=1S/C42H29N3/c1-42(2)35-18-10-8-15-29(35)32-23-33-30-16-9-11-19-38(30)45(39(33)24-36(32)42)27-20-21-37-40(22-27)44-25-34(26-12-4-3-5-13-26)28-14-6-7-17-31(28)41(44)43-37/h3-25H,1-2H3. The van der Waals surface area contributed by atoms with Crippen LogP contribution in [0.1, 0.15) is 25.0 Å². The van der Waals surface area contributed by atoms with Gasteiger partial charge in [0.2, 0.25) is 0 Å². The number of para-hydroxylation sites is 1. The monoisotopic (exact) mass is 575 g/mol. The van der Waals surface area contributed by atoms with E-state index in [9.17, 15) is 0 Å². The Hall–Kier alpha value is -5.67. The fourth-order valence-electron chi connectivity index (χ4n) is 7.94. The van der Waals surface area contributed by atoms with E-state index in [1.807, 2.05) is 0 Å². The predicted molar refractivity (Wildman–Crippen MR) is 188 cm³/mol. The highest BCUT2D eigenvalue weighted by molar-refractivity contribution is 6.12. The number of hydrogen-bond acceptors (Lipinski definition) is 1. The lowest BCUT2D eigenvalue weighted by Crippen LogP contribution is -2.14. The van der Waals surface area contributed by atoms with Crippen molar-refractivity contribution in [2.45, 2.75) is 19.3 Å². The molecule has 3 nitrogen and oxygen atoms in total. The Morgan fingerprint density at radius 1 is 0.511 bits per heavy atom. The van der Waals surface area contributed by atoms with Crippen molar-refractivity contribution in [2.75, 3.05) is 0 Å². The maximum Gasteiger partial charge on any atom is 0.145 e. The van der Waals surface area contributed by atoms with Crippen LogP contribution in [-0.4, -0.2) is 14.0 Å². The smallest absolute Gasteiger partial charge is 0.145 e. The number of fused-ring (bicyclic) bond motifs is 11. The normalized spacial score (nSPS) is 13.7. The lowest BCUT2D eigenvalue weighted by Gasteiger charge is -2.21. The van der Waals surface area contributed by atoms with Crippen molar-refractivity contribution in [3.8, 4) is 27.9 Å². The zero-order valence-electron chi connectivity index (χ0n) is 25.1. The molecule has 0 saturated heterocycles. The first-order valence-corrected chi connectivity index (χ1v) is 15.6. The number of nitrogens with zero attached hydrogens (tertiary/aromatic N) is 3. The molecule has 0 amide bonds. The number of hydrogen-bond donors (Lipinski definition) is 0. The Labute approximate surface area is 260 Å². The minimum atomic E-state index is -0.0676. The zero-order chi connectivity index (χ0) is 29.9. The molecule has 1 aliphatic rings. The fourth-order valence-corrected chi connectivity index (χ4v) is 7.94. The van der Waals surface area contributed by atoms with Crippen molar-refractivity contribution in [3.63, 3.8) is 0 Å². The number of benzene rings is 6. The first kappa shape index (κ1) is 24.7. The summed E-state index contributed by atoms with van der Waals surface area (Å²) in [5, 5.41) is 4.93. The van der Waals surface area contributed by atoms with Crippen LogP contribution in [0.3, 0.4) is 0 Å². The highest BCUT2D eigenvalue weighted by Gasteiger charge is 2.36. The average Bonchev–Trinajstić information content (AvgIpc) is 3.69. The molecule has 9 aromatic rings. The van der Waals surface area contributed by atoms with E-state index in [4.69, 9.17) is 4.98 Å². The lowest BCUT2D eigenvalue weighted by atomic mass is 9.82. The first-order chi connectivity index (χ1) is 22.1. The summed E-state index contributed by atoms with van der Waals surface area (Å²) in [6, 6.07) is 48.6. The molecule has 1 aliphatic carbocycles. The first-order valence-electron chi connectivity index (χ1n) is 15.6. The summed E-state index contributed by atoms with van der Waals surface area (Å²) in [6.45, 7) is 4.71. The number of imidazole rings is 1. The topological polar surface area (TPSA) is 22.2 Å². The zero-order valence-corrected chi connectivity index (χ0v) is 25.1. The van der Waals surface area contributed by atoms with Crippen molar-refractivity contribution in [1.29, 1.82) is 0 Å². The average molecular weight is 576 g/mol. The van der Waals surface area contributed by atoms with Crippen molar-refractivity contribution in [1.82, 2.24) is 14.0 Å². The van der Waals surface area contributed by atoms with Gasteiger partial charge in [-0.25, -0.2) is 4.98 Å². The molecule has 0 saturated carbocycles. The van der Waals surface area contributed by atoms with E-state index in [-0.39, 0.29) is 5.41 Å². The van der Waals surface area contributed by atoms with E-state index in [1.54, 1.807) is 0 Å². The van der Waals surface area contributed by atoms with Crippen LogP contribution in [0.5, 0.6) is 0 Å². The van der Waals surface area contributed by atoms with Gasteiger partial charge in [-0.1, -0.05) is 111 Å². The number of pyridine rings is 1. The molecule has 45 heavy (non-hydrogen) atoms. The van der Waals surface area contributed by atoms with Gasteiger partial charge in [0.05, 0.1) is 22.1 Å². The molecule has 212 valence electrons. The van der Waals surface area contributed by atoms with Crippen LogP contribution < -0.4 is 0 Å². The van der Waals surface area contributed by atoms with Gasteiger partial charge in [0.1, 0.15) is 5.65 Å². The van der Waals surface area contributed by atoms with Gasteiger partial charge in [0.25, 0.3) is 0 Å². The Bertz CT molecular complexity index is 2670. The van der Waals surface area contributed by atoms with E-state index in [1.165, 1.54) is 60.6 Å². The van der Waals surface area contributed by atoms with Gasteiger partial charge in [0.15, 0.2) is 0 Å². The minimum absolute atomic E-state index is 0.0676. The summed E-state index contributed by atoms with van der Waals surface area (Å²) in [5.41, 5.74) is 14.5. The van der Waals surface area contributed by atoms with Crippen LogP contribution in [0.25, 0.3) is 77.2 Å². The molecule has 6 aromatic carbocycles. The van der Waals surface area contributed by atoms with Gasteiger partial charge in [-0.2, -0.15) is 0 Å². The van der Waals surface area contributed by atoms with Crippen LogP contribution in [0.15, 0.2) is 140 Å². The van der Waals surface area contributed by atoms with E-state index < -0.39 is 0 Å². The predicted octanol–water partition coefficient (Wildman–Crippen LogP) is 10.7. The van der Waals surface area contributed by atoms with Crippen molar-refractivity contribution >= 4 is 49.3 Å². The molecule has 0 spiro atoms. The van der Waals surface area contributed by atoms with E-state index in [0.717, 1.165) is 27.8 Å². The molecule has 3 aromatic heterocycles.